The van der Waals surface area contributed by atoms with Gasteiger partial charge < -0.3 is 16.0 Å². The molecule has 5 rings (SSSR count). The minimum Gasteiger partial charge on any atom is -0.350 e. The molecule has 1 aliphatic heterocycles. The monoisotopic (exact) mass is 478 g/mol. The molecule has 1 aromatic carbocycles. The molecule has 3 aromatic heterocycles. The Labute approximate surface area is 188 Å². The zero-order valence-corrected chi connectivity index (χ0v) is 18.5. The molecule has 1 saturated heterocycles. The molecule has 1 fully saturated rings. The molecule has 9 heteroatoms. The molecule has 0 unspecified atom stereocenters. The highest BCUT2D eigenvalue weighted by molar-refractivity contribution is 9.10. The standard InChI is InChI=1S/C22H23BrN8/c23-18-14-27-31-20(18)29-21(28-17-4-3-10-24-13-17)30-22(31)26-12-15-6-8-16(9-7-15)19-5-1-2-11-25-19/h1-2,5-9,11,14,17,24H,3-4,10,12-13H2,(H2,26,28,29,30)/t17-/m0/s1. The molecule has 1 atom stereocenters. The second kappa shape index (κ2) is 8.99. The topological polar surface area (TPSA) is 92.1 Å². The summed E-state index contributed by atoms with van der Waals surface area (Å²) >= 11 is 3.54. The Morgan fingerprint density at radius 3 is 2.81 bits per heavy atom. The quantitative estimate of drug-likeness (QED) is 0.388. The lowest BCUT2D eigenvalue weighted by molar-refractivity contribution is 0.478. The van der Waals surface area contributed by atoms with E-state index in [0.717, 1.165) is 52.9 Å². The van der Waals surface area contributed by atoms with Gasteiger partial charge in [-0.1, -0.05) is 30.3 Å². The first-order chi connectivity index (χ1) is 15.3. The molecule has 8 nitrogen and oxygen atoms in total. The van der Waals surface area contributed by atoms with E-state index >= 15 is 0 Å². The van der Waals surface area contributed by atoms with Crippen molar-refractivity contribution in [1.82, 2.24) is 29.9 Å². The number of fused-ring (bicyclic) bond motifs is 1. The number of piperidine rings is 1. The van der Waals surface area contributed by atoms with E-state index in [1.165, 1.54) is 0 Å². The van der Waals surface area contributed by atoms with Crippen LogP contribution in [0.5, 0.6) is 0 Å². The third-order valence-corrected chi connectivity index (χ3v) is 5.88. The van der Waals surface area contributed by atoms with Crippen molar-refractivity contribution < 1.29 is 0 Å². The maximum absolute atomic E-state index is 4.70. The summed E-state index contributed by atoms with van der Waals surface area (Å²) in [6.45, 7) is 2.61. The van der Waals surface area contributed by atoms with Crippen LogP contribution in [-0.4, -0.2) is 43.7 Å². The fourth-order valence-electron chi connectivity index (χ4n) is 3.70. The number of benzene rings is 1. The number of halogens is 1. The number of hydrogen-bond donors (Lipinski definition) is 3. The van der Waals surface area contributed by atoms with E-state index in [-0.39, 0.29) is 0 Å². The van der Waals surface area contributed by atoms with Gasteiger partial charge in [-0.15, -0.1) is 0 Å². The van der Waals surface area contributed by atoms with Crippen molar-refractivity contribution >= 4 is 33.5 Å². The van der Waals surface area contributed by atoms with E-state index < -0.39 is 0 Å². The van der Waals surface area contributed by atoms with Crippen molar-refractivity contribution in [2.75, 3.05) is 23.7 Å². The van der Waals surface area contributed by atoms with Gasteiger partial charge in [0, 0.05) is 30.9 Å². The van der Waals surface area contributed by atoms with Gasteiger partial charge in [0.15, 0.2) is 5.65 Å². The van der Waals surface area contributed by atoms with Crippen LogP contribution < -0.4 is 16.0 Å². The van der Waals surface area contributed by atoms with Crippen LogP contribution in [0.4, 0.5) is 11.9 Å². The third-order valence-electron chi connectivity index (χ3n) is 5.32. The molecule has 0 aliphatic carbocycles. The Bertz CT molecular complexity index is 1150. The fraction of sp³-hybridized carbons (Fsp3) is 0.273. The lowest BCUT2D eigenvalue weighted by Gasteiger charge is -2.24. The normalized spacial score (nSPS) is 16.4. The summed E-state index contributed by atoms with van der Waals surface area (Å²) in [4.78, 5) is 13.7. The zero-order chi connectivity index (χ0) is 21.0. The Morgan fingerprint density at radius 2 is 2.03 bits per heavy atom. The molecule has 4 heterocycles. The average Bonchev–Trinajstić information content (AvgIpc) is 3.20. The summed E-state index contributed by atoms with van der Waals surface area (Å²) in [5.41, 5.74) is 3.93. The highest BCUT2D eigenvalue weighted by atomic mass is 79.9. The van der Waals surface area contributed by atoms with Gasteiger partial charge in [0.2, 0.25) is 11.9 Å². The Morgan fingerprint density at radius 1 is 1.13 bits per heavy atom. The van der Waals surface area contributed by atoms with Gasteiger partial charge in [-0.3, -0.25) is 4.98 Å². The SMILES string of the molecule is Brc1cnn2c(NCc3ccc(-c4ccccn4)cc3)nc(N[C@H]3CCCNC3)nc12. The predicted octanol–water partition coefficient (Wildman–Crippen LogP) is 3.72. The second-order valence-corrected chi connectivity index (χ2v) is 8.41. The Kier molecular flexibility index (Phi) is 5.77. The largest absolute Gasteiger partial charge is 0.350 e. The third kappa shape index (κ3) is 4.52. The Balaban J connectivity index is 1.34. The van der Waals surface area contributed by atoms with Crippen LogP contribution in [0.2, 0.25) is 0 Å². The smallest absolute Gasteiger partial charge is 0.229 e. The van der Waals surface area contributed by atoms with Crippen LogP contribution in [0.25, 0.3) is 16.9 Å². The molecule has 0 radical (unpaired) electrons. The van der Waals surface area contributed by atoms with Crippen molar-refractivity contribution in [3.63, 3.8) is 0 Å². The first-order valence-electron chi connectivity index (χ1n) is 10.4. The number of nitrogens with one attached hydrogen (secondary N) is 3. The summed E-state index contributed by atoms with van der Waals surface area (Å²) in [5, 5.41) is 14.7. The minimum atomic E-state index is 0.324. The van der Waals surface area contributed by atoms with Crippen LogP contribution >= 0.6 is 15.9 Å². The van der Waals surface area contributed by atoms with E-state index in [1.54, 1.807) is 10.7 Å². The summed E-state index contributed by atoms with van der Waals surface area (Å²) < 4.78 is 2.55. The lowest BCUT2D eigenvalue weighted by atomic mass is 10.1. The van der Waals surface area contributed by atoms with E-state index in [2.05, 4.69) is 71.2 Å². The minimum absolute atomic E-state index is 0.324. The predicted molar refractivity (Wildman–Crippen MR) is 125 cm³/mol. The average molecular weight is 479 g/mol. The number of aromatic nitrogens is 5. The number of anilines is 2. The van der Waals surface area contributed by atoms with Gasteiger partial charge in [0.25, 0.3) is 0 Å². The van der Waals surface area contributed by atoms with Gasteiger partial charge in [-0.25, -0.2) is 0 Å². The first-order valence-corrected chi connectivity index (χ1v) is 11.2. The Hall–Kier alpha value is -3.04. The number of pyridine rings is 1. The molecule has 4 aromatic rings. The first kappa shape index (κ1) is 19.9. The maximum atomic E-state index is 4.70. The molecular formula is C22H23BrN8. The van der Waals surface area contributed by atoms with Crippen LogP contribution in [0, 0.1) is 0 Å². The lowest BCUT2D eigenvalue weighted by Crippen LogP contribution is -2.38. The van der Waals surface area contributed by atoms with Crippen molar-refractivity contribution in [3.8, 4) is 11.3 Å². The fourth-order valence-corrected chi connectivity index (χ4v) is 4.04. The maximum Gasteiger partial charge on any atom is 0.229 e. The number of rotatable bonds is 6. The summed E-state index contributed by atoms with van der Waals surface area (Å²) in [5.74, 6) is 1.26. The summed E-state index contributed by atoms with van der Waals surface area (Å²) in [6, 6.07) is 14.6. The second-order valence-electron chi connectivity index (χ2n) is 7.55. The summed E-state index contributed by atoms with van der Waals surface area (Å²) in [6.07, 6.45) is 5.80. The molecule has 158 valence electrons. The van der Waals surface area contributed by atoms with Crippen LogP contribution in [0.15, 0.2) is 59.3 Å². The molecule has 0 spiro atoms. The molecule has 0 amide bonds. The van der Waals surface area contributed by atoms with Gasteiger partial charge in [0.1, 0.15) is 0 Å². The number of nitrogens with zero attached hydrogens (tertiary/aromatic N) is 5. The van der Waals surface area contributed by atoms with Crippen LogP contribution in [-0.2, 0) is 6.54 Å². The van der Waals surface area contributed by atoms with E-state index in [0.29, 0.717) is 24.5 Å². The van der Waals surface area contributed by atoms with Crippen LogP contribution in [0.1, 0.15) is 18.4 Å². The van der Waals surface area contributed by atoms with Crippen molar-refractivity contribution in [2.45, 2.75) is 25.4 Å². The number of hydrogen-bond acceptors (Lipinski definition) is 7. The molecular weight excluding hydrogens is 456 g/mol. The van der Waals surface area contributed by atoms with Crippen molar-refractivity contribution in [3.05, 3.63) is 64.9 Å². The zero-order valence-electron chi connectivity index (χ0n) is 16.9. The van der Waals surface area contributed by atoms with Crippen molar-refractivity contribution in [2.24, 2.45) is 0 Å². The molecule has 0 saturated carbocycles. The molecule has 0 bridgehead atoms. The van der Waals surface area contributed by atoms with Gasteiger partial charge in [-0.2, -0.15) is 19.6 Å². The molecule has 3 N–H and O–H groups in total. The van der Waals surface area contributed by atoms with E-state index in [9.17, 15) is 0 Å². The van der Waals surface area contributed by atoms with Gasteiger partial charge in [0.05, 0.1) is 16.4 Å². The van der Waals surface area contributed by atoms with Gasteiger partial charge in [-0.05, 0) is 53.0 Å². The van der Waals surface area contributed by atoms with Crippen molar-refractivity contribution in [1.29, 1.82) is 0 Å². The molecule has 1 aliphatic rings. The van der Waals surface area contributed by atoms with Gasteiger partial charge >= 0.3 is 0 Å². The van der Waals surface area contributed by atoms with E-state index in [1.807, 2.05) is 24.4 Å². The van der Waals surface area contributed by atoms with E-state index in [4.69, 9.17) is 4.98 Å². The summed E-state index contributed by atoms with van der Waals surface area (Å²) in [7, 11) is 0. The van der Waals surface area contributed by atoms with Crippen LogP contribution in [0.3, 0.4) is 0 Å². The highest BCUT2D eigenvalue weighted by Gasteiger charge is 2.17. The highest BCUT2D eigenvalue weighted by Crippen LogP contribution is 2.22. The molecule has 31 heavy (non-hydrogen) atoms.